The van der Waals surface area contributed by atoms with E-state index in [9.17, 15) is 28.2 Å². The van der Waals surface area contributed by atoms with Crippen molar-refractivity contribution in [3.8, 4) is 22.8 Å². The van der Waals surface area contributed by atoms with E-state index in [1.54, 1.807) is 6.07 Å². The number of aromatic nitrogens is 2. The van der Waals surface area contributed by atoms with E-state index in [4.69, 9.17) is 22.1 Å². The van der Waals surface area contributed by atoms with Crippen LogP contribution in [0.15, 0.2) is 48.5 Å². The summed E-state index contributed by atoms with van der Waals surface area (Å²) in [6.45, 7) is 1.63. The summed E-state index contributed by atoms with van der Waals surface area (Å²) < 4.78 is 48.8. The Labute approximate surface area is 232 Å². The number of halogens is 4. The molecule has 13 heteroatoms. The van der Waals surface area contributed by atoms with Crippen molar-refractivity contribution >= 4 is 29.3 Å². The maximum Gasteiger partial charge on any atom is 0.429 e. The van der Waals surface area contributed by atoms with E-state index in [0.29, 0.717) is 50.3 Å². The molecule has 9 nitrogen and oxygen atoms in total. The second kappa shape index (κ2) is 10.7. The van der Waals surface area contributed by atoms with Gasteiger partial charge in [0.2, 0.25) is 17.9 Å². The number of ether oxygens (including phenoxy) is 1. The van der Waals surface area contributed by atoms with Crippen LogP contribution < -0.4 is 20.7 Å². The van der Waals surface area contributed by atoms with Crippen molar-refractivity contribution in [2.75, 3.05) is 30.3 Å². The average Bonchev–Trinajstić information content (AvgIpc) is 3.31. The lowest BCUT2D eigenvalue weighted by molar-refractivity contribution is -0.198. The van der Waals surface area contributed by atoms with Gasteiger partial charge in [0.25, 0.3) is 0 Å². The fourth-order valence-corrected chi connectivity index (χ4v) is 5.62. The summed E-state index contributed by atoms with van der Waals surface area (Å²) in [6, 6.07) is 10.5. The van der Waals surface area contributed by atoms with Crippen molar-refractivity contribution in [3.05, 3.63) is 59.1 Å². The molecule has 3 aromatic rings. The van der Waals surface area contributed by atoms with Crippen LogP contribution in [-0.2, 0) is 4.79 Å². The molecule has 2 aromatic carbocycles. The van der Waals surface area contributed by atoms with Crippen molar-refractivity contribution in [2.45, 2.75) is 37.6 Å². The molecule has 0 bridgehead atoms. The van der Waals surface area contributed by atoms with E-state index in [1.807, 2.05) is 4.90 Å². The summed E-state index contributed by atoms with van der Waals surface area (Å²) in [5.41, 5.74) is 5.97. The van der Waals surface area contributed by atoms with Crippen LogP contribution in [0.1, 0.15) is 30.9 Å². The molecule has 2 fully saturated rings. The van der Waals surface area contributed by atoms with Gasteiger partial charge in [0.05, 0.1) is 0 Å². The number of alkyl halides is 3. The van der Waals surface area contributed by atoms with E-state index >= 15 is 0 Å². The third-order valence-corrected chi connectivity index (χ3v) is 7.74. The third kappa shape index (κ3) is 5.87. The van der Waals surface area contributed by atoms with Crippen LogP contribution in [0.4, 0.5) is 24.9 Å². The Balaban J connectivity index is 1.41. The van der Waals surface area contributed by atoms with Gasteiger partial charge in [-0.3, -0.25) is 4.79 Å². The fourth-order valence-electron chi connectivity index (χ4n) is 5.44. The quantitative estimate of drug-likeness (QED) is 0.326. The minimum atomic E-state index is -4.84. The largest absolute Gasteiger partial charge is 0.508 e. The number of nitrogens with two attached hydrogens (primary N) is 1. The van der Waals surface area contributed by atoms with Crippen LogP contribution in [-0.4, -0.2) is 58.0 Å². The van der Waals surface area contributed by atoms with Gasteiger partial charge >= 0.3 is 12.1 Å². The minimum Gasteiger partial charge on any atom is -0.508 e. The number of rotatable bonds is 6. The lowest BCUT2D eigenvalue weighted by Gasteiger charge is -2.39. The predicted molar refractivity (Wildman–Crippen MR) is 142 cm³/mol. The molecule has 3 heterocycles. The zero-order valence-corrected chi connectivity index (χ0v) is 21.9. The molecule has 1 unspecified atom stereocenters. The highest BCUT2D eigenvalue weighted by Crippen LogP contribution is 2.43. The predicted octanol–water partition coefficient (Wildman–Crippen LogP) is 4.80. The fraction of sp³-hybridized carbons (Fsp3) is 0.370. The number of nitrogens with zero attached hydrogens (tertiary/aromatic N) is 3. The molecule has 2 aliphatic rings. The first-order valence-corrected chi connectivity index (χ1v) is 13.0. The molecule has 0 aliphatic carbocycles. The van der Waals surface area contributed by atoms with Gasteiger partial charge in [0, 0.05) is 36.3 Å². The van der Waals surface area contributed by atoms with E-state index in [-0.39, 0.29) is 39.1 Å². The van der Waals surface area contributed by atoms with E-state index in [1.165, 1.54) is 42.5 Å². The maximum atomic E-state index is 14.4. The standard InChI is InChI=1S/C27H27ClF3N5O4/c28-16-4-5-18(19(11-16)15-2-1-3-17(37)10-15)23(27(29,30)31)40-22-12-21(34-25(32)35-22)36-8-6-26(7-9-36)13-20(24(38)39)33-14-26/h1-5,10-12,20,23,33,37H,6-9,13-14H2,(H,38,39)(H2,32,34,35)/t20-,23?/m0/s1. The average molecular weight is 578 g/mol. The highest BCUT2D eigenvalue weighted by Gasteiger charge is 2.46. The minimum absolute atomic E-state index is 0.115. The first-order chi connectivity index (χ1) is 18.9. The molecule has 0 amide bonds. The Morgan fingerprint density at radius 2 is 1.93 bits per heavy atom. The Kier molecular flexibility index (Phi) is 7.40. The van der Waals surface area contributed by atoms with Crippen LogP contribution in [0.5, 0.6) is 11.6 Å². The topological polar surface area (TPSA) is 134 Å². The lowest BCUT2D eigenvalue weighted by Crippen LogP contribution is -2.41. The number of hydrogen-bond acceptors (Lipinski definition) is 8. The number of carboxylic acids is 1. The highest BCUT2D eigenvalue weighted by molar-refractivity contribution is 6.30. The molecule has 2 atom stereocenters. The summed E-state index contributed by atoms with van der Waals surface area (Å²) in [5, 5.41) is 22.5. The normalized spacial score (nSPS) is 19.5. The first kappa shape index (κ1) is 27.8. The second-order valence-electron chi connectivity index (χ2n) is 10.2. The van der Waals surface area contributed by atoms with Crippen molar-refractivity contribution in [3.63, 3.8) is 0 Å². The van der Waals surface area contributed by atoms with Gasteiger partial charge < -0.3 is 30.9 Å². The van der Waals surface area contributed by atoms with Gasteiger partial charge in [-0.1, -0.05) is 29.8 Å². The lowest BCUT2D eigenvalue weighted by atomic mass is 9.76. The van der Waals surface area contributed by atoms with Crippen LogP contribution >= 0.6 is 11.6 Å². The Morgan fingerprint density at radius 1 is 1.18 bits per heavy atom. The summed E-state index contributed by atoms with van der Waals surface area (Å²) >= 11 is 6.12. The highest BCUT2D eigenvalue weighted by atomic mass is 35.5. The zero-order valence-electron chi connectivity index (χ0n) is 21.2. The number of nitrogens with one attached hydrogen (secondary N) is 1. The van der Waals surface area contributed by atoms with Crippen molar-refractivity contribution in [2.24, 2.45) is 5.41 Å². The number of anilines is 2. The number of carbonyl (C=O) groups is 1. The molecule has 0 radical (unpaired) electrons. The molecule has 0 saturated carbocycles. The molecule has 2 aliphatic heterocycles. The number of phenols is 1. The molecule has 1 aromatic heterocycles. The summed E-state index contributed by atoms with van der Waals surface area (Å²) in [6.07, 6.45) is -5.37. The van der Waals surface area contributed by atoms with Crippen molar-refractivity contribution in [1.82, 2.24) is 15.3 Å². The summed E-state index contributed by atoms with van der Waals surface area (Å²) in [5.74, 6) is -1.27. The number of aromatic hydroxyl groups is 1. The van der Waals surface area contributed by atoms with Gasteiger partial charge in [0.1, 0.15) is 17.6 Å². The molecule has 212 valence electrons. The molecule has 5 rings (SSSR count). The van der Waals surface area contributed by atoms with Gasteiger partial charge in [0.15, 0.2) is 0 Å². The Bertz CT molecular complexity index is 1420. The number of hydrogen-bond donors (Lipinski definition) is 4. The SMILES string of the molecule is Nc1nc(OC(c2ccc(Cl)cc2-c2cccc(O)c2)C(F)(F)F)cc(N2CCC3(CC2)CN[C@H](C(=O)O)C3)n1. The summed E-state index contributed by atoms with van der Waals surface area (Å²) in [7, 11) is 0. The molecular weight excluding hydrogens is 551 g/mol. The number of piperidine rings is 1. The van der Waals surface area contributed by atoms with Gasteiger partial charge in [-0.2, -0.15) is 23.1 Å². The van der Waals surface area contributed by atoms with Crippen molar-refractivity contribution < 1.29 is 32.9 Å². The van der Waals surface area contributed by atoms with Crippen LogP contribution in [0.25, 0.3) is 11.1 Å². The first-order valence-electron chi connectivity index (χ1n) is 12.6. The van der Waals surface area contributed by atoms with Crippen molar-refractivity contribution in [1.29, 1.82) is 0 Å². The monoisotopic (exact) mass is 577 g/mol. The van der Waals surface area contributed by atoms with Crippen LogP contribution in [0.3, 0.4) is 0 Å². The number of aliphatic carboxylic acids is 1. The number of carboxylic acid groups (broad SMARTS) is 1. The van der Waals surface area contributed by atoms with E-state index < -0.39 is 24.3 Å². The van der Waals surface area contributed by atoms with Crippen LogP contribution in [0.2, 0.25) is 5.02 Å². The molecule has 2 saturated heterocycles. The molecule has 5 N–H and O–H groups in total. The summed E-state index contributed by atoms with van der Waals surface area (Å²) in [4.78, 5) is 21.4. The second-order valence-corrected chi connectivity index (χ2v) is 10.6. The third-order valence-electron chi connectivity index (χ3n) is 7.50. The smallest absolute Gasteiger partial charge is 0.429 e. The van der Waals surface area contributed by atoms with Crippen LogP contribution in [0, 0.1) is 5.41 Å². The zero-order chi connectivity index (χ0) is 28.7. The maximum absolute atomic E-state index is 14.4. The van der Waals surface area contributed by atoms with Gasteiger partial charge in [-0.25, -0.2) is 0 Å². The van der Waals surface area contributed by atoms with E-state index in [0.717, 1.165) is 0 Å². The number of benzene rings is 2. The number of phenolic OH excluding ortho intramolecular Hbond substituents is 1. The molecule has 40 heavy (non-hydrogen) atoms. The van der Waals surface area contributed by atoms with Gasteiger partial charge in [-0.15, -0.1) is 0 Å². The number of nitrogen functional groups attached to an aromatic ring is 1. The Hall–Kier alpha value is -3.77. The molecule has 1 spiro atoms. The van der Waals surface area contributed by atoms with Gasteiger partial charge in [-0.05, 0) is 60.1 Å². The van der Waals surface area contributed by atoms with E-state index in [2.05, 4.69) is 15.3 Å². The molecular formula is C27H27ClF3N5O4. The Morgan fingerprint density at radius 3 is 2.58 bits per heavy atom.